The van der Waals surface area contributed by atoms with Crippen molar-refractivity contribution in [3.8, 4) is 0 Å². The number of hydrogen-bond acceptors (Lipinski definition) is 36. The van der Waals surface area contributed by atoms with Gasteiger partial charge in [-0.2, -0.15) is 0 Å². The van der Waals surface area contributed by atoms with Gasteiger partial charge in [-0.15, -0.1) is 0 Å². The van der Waals surface area contributed by atoms with Gasteiger partial charge in [0.1, 0.15) is 177 Å². The minimum Gasteiger partial charge on any atom is -0.394 e. The fourth-order valence-electron chi connectivity index (χ4n) is 10.1. The van der Waals surface area contributed by atoms with E-state index >= 15 is 0 Å². The Kier molecular flexibility index (Phi) is 22.3. The van der Waals surface area contributed by atoms with Crippen LogP contribution in [0.4, 0.5) is 0 Å². The number of nitrogens with two attached hydrogens (primary N) is 1. The molecule has 0 aromatic rings. The van der Waals surface area contributed by atoms with E-state index in [1.165, 1.54) is 0 Å². The Morgan fingerprint density at radius 1 is 0.308 bits per heavy atom. The van der Waals surface area contributed by atoms with Gasteiger partial charge in [0.15, 0.2) is 37.7 Å². The van der Waals surface area contributed by atoms with Gasteiger partial charge in [-0.1, -0.05) is 0 Å². The first-order valence-electron chi connectivity index (χ1n) is 24.7. The highest BCUT2D eigenvalue weighted by atomic mass is 16.8. The first kappa shape index (κ1) is 64.1. The van der Waals surface area contributed by atoms with Gasteiger partial charge in [-0.25, -0.2) is 0 Å². The van der Waals surface area contributed by atoms with Crippen molar-refractivity contribution in [3.63, 3.8) is 0 Å². The fraction of sp³-hybridized carbons (Fsp3) is 1.00. The molecule has 25 N–H and O–H groups in total. The summed E-state index contributed by atoms with van der Waals surface area (Å²) in [6, 6.07) is -1.72. The number of aliphatic hydroxyl groups excluding tert-OH is 23. The second kappa shape index (κ2) is 27.1. The van der Waals surface area contributed by atoms with Gasteiger partial charge in [0.2, 0.25) is 0 Å². The lowest BCUT2D eigenvalue weighted by molar-refractivity contribution is -0.383. The molecule has 0 spiro atoms. The Hall–Kier alpha value is -1.44. The SMILES string of the molecule is N[C@H]1[C@@H](OC2[C@@H](O)[C@@H](O)C(O)[C@H](O)[C@H]2O)O[C@H](CO)[C@@H](O[C@H]2O[C@H](CO)[C@@H](O)[C@H](O[C@H]3O[C@H](CO)[C@@H](O)[C@H](O[C@@H]4O[C@@H]([C@H](O)CO)[C@H](O[C@H]5O[C@H](CO[C@H]6O[C@H](CO)[C@H](O)[C@H](O)[C@H]6O)[C@H](O)[C@H](O)[C@H]5O)[C@H]4O)[C@@H]3O)[C@@H]2O)[C@@H]1O. The summed E-state index contributed by atoms with van der Waals surface area (Å²) in [5.41, 5.74) is 6.16. The van der Waals surface area contributed by atoms with Crippen LogP contribution in [0, 0.1) is 0 Å². The van der Waals surface area contributed by atoms with Crippen molar-refractivity contribution in [3.05, 3.63) is 0 Å². The van der Waals surface area contributed by atoms with Crippen molar-refractivity contribution in [1.29, 1.82) is 0 Å². The molecule has 0 aromatic carbocycles. The quantitative estimate of drug-likeness (QED) is 0.0571. The molecule has 36 atom stereocenters. The molecular formula is C42H73NO35. The fourth-order valence-corrected chi connectivity index (χ4v) is 10.1. The maximum Gasteiger partial charge on any atom is 0.187 e. The normalized spacial score (nSPS) is 53.8. The molecular weight excluding hydrogens is 1080 g/mol. The van der Waals surface area contributed by atoms with Gasteiger partial charge >= 0.3 is 0 Å². The average Bonchev–Trinajstić information content (AvgIpc) is 3.79. The minimum absolute atomic E-state index is 0.806. The van der Waals surface area contributed by atoms with Crippen molar-refractivity contribution in [2.24, 2.45) is 5.73 Å². The third-order valence-electron chi connectivity index (χ3n) is 14.8. The molecule has 456 valence electrons. The van der Waals surface area contributed by atoms with Crippen LogP contribution >= 0.6 is 0 Å². The van der Waals surface area contributed by atoms with Crippen LogP contribution in [0.15, 0.2) is 0 Å². The van der Waals surface area contributed by atoms with Gasteiger partial charge in [0, 0.05) is 0 Å². The molecule has 0 aromatic heterocycles. The highest BCUT2D eigenvalue weighted by molar-refractivity contribution is 5.03. The Morgan fingerprint density at radius 2 is 0.641 bits per heavy atom. The smallest absolute Gasteiger partial charge is 0.187 e. The van der Waals surface area contributed by atoms with Crippen molar-refractivity contribution < 1.29 is 174 Å². The summed E-state index contributed by atoms with van der Waals surface area (Å²) in [4.78, 5) is 0. The molecule has 0 radical (unpaired) electrons. The van der Waals surface area contributed by atoms with E-state index in [1.54, 1.807) is 0 Å². The van der Waals surface area contributed by atoms with Crippen molar-refractivity contribution in [1.82, 2.24) is 0 Å². The van der Waals surface area contributed by atoms with E-state index in [1.807, 2.05) is 0 Å². The lowest BCUT2D eigenvalue weighted by Gasteiger charge is -2.49. The minimum atomic E-state index is -2.28. The third-order valence-corrected chi connectivity index (χ3v) is 14.8. The summed E-state index contributed by atoms with van der Waals surface area (Å²) in [6.45, 7) is -5.83. The van der Waals surface area contributed by atoms with Crippen LogP contribution < -0.4 is 5.73 Å². The van der Waals surface area contributed by atoms with Gasteiger partial charge in [0.25, 0.3) is 0 Å². The molecule has 0 bridgehead atoms. The summed E-state index contributed by atoms with van der Waals surface area (Å²) < 4.78 is 67.3. The predicted octanol–water partition coefficient (Wildman–Crippen LogP) is -16.9. The van der Waals surface area contributed by atoms with Gasteiger partial charge in [0.05, 0.1) is 45.7 Å². The molecule has 6 saturated heterocycles. The van der Waals surface area contributed by atoms with E-state index < -0.39 is 260 Å². The molecule has 36 nitrogen and oxygen atoms in total. The van der Waals surface area contributed by atoms with E-state index in [9.17, 15) is 117 Å². The van der Waals surface area contributed by atoms with Crippen LogP contribution in [-0.2, 0) is 56.8 Å². The molecule has 36 heteroatoms. The predicted molar refractivity (Wildman–Crippen MR) is 234 cm³/mol. The van der Waals surface area contributed by atoms with Crippen LogP contribution in [0.5, 0.6) is 0 Å². The summed E-state index contributed by atoms with van der Waals surface area (Å²) in [7, 11) is 0. The Bertz CT molecular complexity index is 1820. The molecule has 1 saturated carbocycles. The Labute approximate surface area is 440 Å². The molecule has 6 aliphatic heterocycles. The van der Waals surface area contributed by atoms with Crippen LogP contribution in [-0.4, -0.2) is 378 Å². The highest BCUT2D eigenvalue weighted by Crippen LogP contribution is 2.38. The molecule has 7 aliphatic rings. The second-order valence-corrected chi connectivity index (χ2v) is 19.9. The zero-order valence-corrected chi connectivity index (χ0v) is 40.8. The lowest BCUT2D eigenvalue weighted by Crippen LogP contribution is -2.69. The number of aliphatic hydroxyl groups is 23. The van der Waals surface area contributed by atoms with E-state index in [0.29, 0.717) is 0 Å². The topological polar surface area (TPSA) is 602 Å². The Morgan fingerprint density at radius 3 is 1.14 bits per heavy atom. The van der Waals surface area contributed by atoms with Crippen LogP contribution in [0.3, 0.4) is 0 Å². The van der Waals surface area contributed by atoms with Crippen molar-refractivity contribution in [2.75, 3.05) is 39.6 Å². The summed E-state index contributed by atoms with van der Waals surface area (Å²) >= 11 is 0. The standard InChI is InChI=1S/C42H73NO35/c43-13-18(54)32(11(5-48)71-37(13)75-35-24(60)22(58)21(57)23(59)25(35)61)74-40-28(64)33(16(52)9(3-46)69-40)76-41-29(65)34(17(53)10(4-47)70-41)77-42-30(66)36(31(73-42)7(49)1-44)78-39-27(63)20(56)15(51)12(72-39)6-67-38-26(62)19(55)14(50)8(2-45)68-38/h7-42,44-66H,1-6,43H2/t7-,8-,9-,10-,11-,12-,13-,14+,15+,16-,17-,18-,19+,20+,21?,22+,23+,24-,25+,26-,27-,28+,29+,30-,31+,32-,33+,34+,35?,36-,37-,38+,39-,40-,41-,42+/m1/s1. The molecule has 7 fully saturated rings. The van der Waals surface area contributed by atoms with Crippen molar-refractivity contribution >= 4 is 0 Å². The van der Waals surface area contributed by atoms with Crippen molar-refractivity contribution in [2.45, 2.75) is 221 Å². The molecule has 78 heavy (non-hydrogen) atoms. The zero-order valence-electron chi connectivity index (χ0n) is 40.8. The van der Waals surface area contributed by atoms with E-state index in [4.69, 9.17) is 62.6 Å². The molecule has 2 unspecified atom stereocenters. The number of ether oxygens (including phenoxy) is 12. The lowest BCUT2D eigenvalue weighted by atomic mass is 9.84. The summed E-state index contributed by atoms with van der Waals surface area (Å²) in [6.07, 6.45) is -68.5. The zero-order chi connectivity index (χ0) is 57.5. The molecule has 7 rings (SSSR count). The van der Waals surface area contributed by atoms with E-state index in [0.717, 1.165) is 0 Å². The van der Waals surface area contributed by atoms with E-state index in [2.05, 4.69) is 0 Å². The monoisotopic (exact) mass is 1150 g/mol. The van der Waals surface area contributed by atoms with Gasteiger partial charge < -0.3 is 180 Å². The number of rotatable bonds is 19. The van der Waals surface area contributed by atoms with Crippen LogP contribution in [0.1, 0.15) is 0 Å². The first-order chi connectivity index (χ1) is 36.8. The van der Waals surface area contributed by atoms with Gasteiger partial charge in [-0.3, -0.25) is 0 Å². The molecule has 0 amide bonds. The van der Waals surface area contributed by atoms with Crippen LogP contribution in [0.25, 0.3) is 0 Å². The van der Waals surface area contributed by atoms with Gasteiger partial charge in [-0.05, 0) is 0 Å². The Balaban J connectivity index is 1.03. The first-order valence-corrected chi connectivity index (χ1v) is 24.7. The maximum absolute atomic E-state index is 11.6. The number of hydrogen-bond donors (Lipinski definition) is 24. The molecule has 6 heterocycles. The average molecular weight is 1150 g/mol. The largest absolute Gasteiger partial charge is 0.394 e. The highest BCUT2D eigenvalue weighted by Gasteiger charge is 2.59. The van der Waals surface area contributed by atoms with Crippen LogP contribution in [0.2, 0.25) is 0 Å². The summed E-state index contributed by atoms with van der Waals surface area (Å²) in [5.74, 6) is 0. The third kappa shape index (κ3) is 12.8. The summed E-state index contributed by atoms with van der Waals surface area (Å²) in [5, 5.41) is 244. The maximum atomic E-state index is 11.6. The van der Waals surface area contributed by atoms with E-state index in [-0.39, 0.29) is 0 Å². The molecule has 1 aliphatic carbocycles. The second-order valence-electron chi connectivity index (χ2n) is 19.9.